The van der Waals surface area contributed by atoms with Crippen molar-refractivity contribution in [2.75, 3.05) is 6.54 Å². The molecule has 1 fully saturated rings. The summed E-state index contributed by atoms with van der Waals surface area (Å²) in [7, 11) is -3.72. The van der Waals surface area contributed by atoms with Crippen LogP contribution in [0.15, 0.2) is 53.4 Å². The van der Waals surface area contributed by atoms with Gasteiger partial charge in [0.15, 0.2) is 0 Å². The lowest BCUT2D eigenvalue weighted by Crippen LogP contribution is -2.39. The van der Waals surface area contributed by atoms with Crippen LogP contribution in [0.4, 0.5) is 0 Å². The van der Waals surface area contributed by atoms with Crippen molar-refractivity contribution in [1.29, 1.82) is 0 Å². The standard InChI is InChI=1S/C23H31N3O3S/c1-16(2)19-6-4-18(5-7-19)14-26(21-10-11-21)15-23(27)25-17(3)20-8-12-22(13-9-20)30(24,28)29/h4-9,12-13,16-17,21H,10-11,14-15H2,1-3H3,(H,25,27)(H2,24,28,29)/t17-/m0/s1. The average Bonchev–Trinajstić information content (AvgIpc) is 3.52. The highest BCUT2D eigenvalue weighted by Gasteiger charge is 2.30. The Morgan fingerprint density at radius 2 is 1.60 bits per heavy atom. The first-order valence-corrected chi connectivity index (χ1v) is 11.9. The summed E-state index contributed by atoms with van der Waals surface area (Å²) in [6.45, 7) is 7.35. The Kier molecular flexibility index (Phi) is 6.95. The number of carbonyl (C=O) groups excluding carboxylic acids is 1. The first kappa shape index (κ1) is 22.5. The zero-order valence-electron chi connectivity index (χ0n) is 17.8. The Morgan fingerprint density at radius 3 is 2.10 bits per heavy atom. The summed E-state index contributed by atoms with van der Waals surface area (Å²) in [4.78, 5) is 15.0. The topological polar surface area (TPSA) is 92.5 Å². The third-order valence-corrected chi connectivity index (χ3v) is 6.46. The van der Waals surface area contributed by atoms with E-state index in [0.29, 0.717) is 18.5 Å². The molecule has 1 amide bonds. The second kappa shape index (κ2) is 9.29. The van der Waals surface area contributed by atoms with E-state index in [1.807, 2.05) is 6.92 Å². The first-order chi connectivity index (χ1) is 14.1. The Balaban J connectivity index is 1.58. The number of hydrogen-bond donors (Lipinski definition) is 2. The molecule has 0 aromatic heterocycles. The molecule has 7 heteroatoms. The summed E-state index contributed by atoms with van der Waals surface area (Å²) in [5.41, 5.74) is 3.36. The first-order valence-electron chi connectivity index (χ1n) is 10.4. The number of amides is 1. The maximum atomic E-state index is 12.7. The van der Waals surface area contributed by atoms with Crippen LogP contribution in [0.3, 0.4) is 0 Å². The SMILES string of the molecule is CC(C)c1ccc(CN(CC(=O)N[C@@H](C)c2ccc(S(N)(=O)=O)cc2)C2CC2)cc1. The number of primary sulfonamides is 1. The molecule has 6 nitrogen and oxygen atoms in total. The molecule has 0 radical (unpaired) electrons. The molecule has 30 heavy (non-hydrogen) atoms. The van der Waals surface area contributed by atoms with Gasteiger partial charge in [-0.05, 0) is 54.5 Å². The molecular weight excluding hydrogens is 398 g/mol. The second-order valence-corrected chi connectivity index (χ2v) is 10.00. The van der Waals surface area contributed by atoms with Gasteiger partial charge in [-0.15, -0.1) is 0 Å². The number of rotatable bonds is 9. The van der Waals surface area contributed by atoms with E-state index < -0.39 is 10.0 Å². The molecule has 0 bridgehead atoms. The number of nitrogens with one attached hydrogen (secondary N) is 1. The van der Waals surface area contributed by atoms with Crippen LogP contribution in [0.25, 0.3) is 0 Å². The largest absolute Gasteiger partial charge is 0.348 e. The highest BCUT2D eigenvalue weighted by atomic mass is 32.2. The summed E-state index contributed by atoms with van der Waals surface area (Å²) in [5.74, 6) is 0.466. The van der Waals surface area contributed by atoms with E-state index in [9.17, 15) is 13.2 Å². The van der Waals surface area contributed by atoms with Gasteiger partial charge in [-0.25, -0.2) is 13.6 Å². The monoisotopic (exact) mass is 429 g/mol. The summed E-state index contributed by atoms with van der Waals surface area (Å²) in [6, 6.07) is 15.2. The molecule has 0 heterocycles. The molecule has 2 aromatic carbocycles. The van der Waals surface area contributed by atoms with E-state index in [0.717, 1.165) is 24.9 Å². The molecule has 0 aliphatic heterocycles. The van der Waals surface area contributed by atoms with Crippen LogP contribution in [0, 0.1) is 0 Å². The number of hydrogen-bond acceptors (Lipinski definition) is 4. The highest BCUT2D eigenvalue weighted by molar-refractivity contribution is 7.89. The molecule has 0 spiro atoms. The highest BCUT2D eigenvalue weighted by Crippen LogP contribution is 2.28. The van der Waals surface area contributed by atoms with Gasteiger partial charge in [0.25, 0.3) is 0 Å². The van der Waals surface area contributed by atoms with Crippen molar-refractivity contribution in [3.05, 3.63) is 65.2 Å². The summed E-state index contributed by atoms with van der Waals surface area (Å²) < 4.78 is 22.8. The molecule has 1 atom stereocenters. The molecular formula is C23H31N3O3S. The van der Waals surface area contributed by atoms with E-state index in [4.69, 9.17) is 5.14 Å². The van der Waals surface area contributed by atoms with Gasteiger partial charge in [0.05, 0.1) is 17.5 Å². The Labute approximate surface area is 179 Å². The minimum absolute atomic E-state index is 0.0382. The molecule has 162 valence electrons. The van der Waals surface area contributed by atoms with E-state index >= 15 is 0 Å². The Bertz CT molecular complexity index is 966. The fraction of sp³-hybridized carbons (Fsp3) is 0.435. The number of nitrogens with two attached hydrogens (primary N) is 1. The van der Waals surface area contributed by atoms with Crippen LogP contribution >= 0.6 is 0 Å². The van der Waals surface area contributed by atoms with Gasteiger partial charge in [-0.3, -0.25) is 9.69 Å². The van der Waals surface area contributed by atoms with Gasteiger partial charge in [-0.2, -0.15) is 0 Å². The average molecular weight is 430 g/mol. The molecule has 3 rings (SSSR count). The van der Waals surface area contributed by atoms with Crippen molar-refractivity contribution in [2.24, 2.45) is 5.14 Å². The van der Waals surface area contributed by atoms with Gasteiger partial charge in [0, 0.05) is 12.6 Å². The van der Waals surface area contributed by atoms with Gasteiger partial charge in [0.2, 0.25) is 15.9 Å². The van der Waals surface area contributed by atoms with E-state index in [2.05, 4.69) is 48.3 Å². The molecule has 0 saturated heterocycles. The van der Waals surface area contributed by atoms with E-state index in [1.54, 1.807) is 12.1 Å². The van der Waals surface area contributed by atoms with Gasteiger partial charge >= 0.3 is 0 Å². The summed E-state index contributed by atoms with van der Waals surface area (Å²) in [6.07, 6.45) is 2.25. The predicted molar refractivity (Wildman–Crippen MR) is 118 cm³/mol. The van der Waals surface area contributed by atoms with Crippen molar-refractivity contribution >= 4 is 15.9 Å². The second-order valence-electron chi connectivity index (χ2n) is 8.44. The number of nitrogens with zero attached hydrogens (tertiary/aromatic N) is 1. The molecule has 1 aliphatic carbocycles. The molecule has 3 N–H and O–H groups in total. The van der Waals surface area contributed by atoms with E-state index in [1.165, 1.54) is 23.3 Å². The lowest BCUT2D eigenvalue weighted by atomic mass is 10.0. The van der Waals surface area contributed by atoms with Crippen LogP contribution < -0.4 is 10.5 Å². The van der Waals surface area contributed by atoms with Crippen LogP contribution in [-0.4, -0.2) is 31.8 Å². The van der Waals surface area contributed by atoms with Crippen molar-refractivity contribution in [1.82, 2.24) is 10.2 Å². The normalized spacial score (nSPS) is 15.4. The number of benzene rings is 2. The third-order valence-electron chi connectivity index (χ3n) is 5.53. The zero-order valence-corrected chi connectivity index (χ0v) is 18.7. The number of carbonyl (C=O) groups is 1. The fourth-order valence-corrected chi connectivity index (χ4v) is 4.01. The predicted octanol–water partition coefficient (Wildman–Crippen LogP) is 3.30. The maximum absolute atomic E-state index is 12.7. The summed E-state index contributed by atoms with van der Waals surface area (Å²) in [5, 5.41) is 8.15. The molecule has 1 saturated carbocycles. The third kappa shape index (κ3) is 6.14. The lowest BCUT2D eigenvalue weighted by molar-refractivity contribution is -0.123. The van der Waals surface area contributed by atoms with Crippen molar-refractivity contribution < 1.29 is 13.2 Å². The molecule has 0 unspecified atom stereocenters. The van der Waals surface area contributed by atoms with Crippen LogP contribution in [0.1, 0.15) is 62.3 Å². The summed E-state index contributed by atoms with van der Waals surface area (Å²) >= 11 is 0. The van der Waals surface area contributed by atoms with Crippen molar-refractivity contribution in [2.45, 2.75) is 63.1 Å². The van der Waals surface area contributed by atoms with Crippen LogP contribution in [0.5, 0.6) is 0 Å². The fourth-order valence-electron chi connectivity index (χ4n) is 3.50. The van der Waals surface area contributed by atoms with Crippen LogP contribution in [-0.2, 0) is 21.4 Å². The Hall–Kier alpha value is -2.22. The smallest absolute Gasteiger partial charge is 0.238 e. The van der Waals surface area contributed by atoms with Crippen LogP contribution in [0.2, 0.25) is 0 Å². The lowest BCUT2D eigenvalue weighted by Gasteiger charge is -2.23. The minimum atomic E-state index is -3.72. The van der Waals surface area contributed by atoms with Gasteiger partial charge in [0.1, 0.15) is 0 Å². The maximum Gasteiger partial charge on any atom is 0.238 e. The molecule has 1 aliphatic rings. The quantitative estimate of drug-likeness (QED) is 0.640. The molecule has 2 aromatic rings. The van der Waals surface area contributed by atoms with Gasteiger partial charge in [-0.1, -0.05) is 50.2 Å². The van der Waals surface area contributed by atoms with Crippen molar-refractivity contribution in [3.8, 4) is 0 Å². The Morgan fingerprint density at radius 1 is 1.03 bits per heavy atom. The van der Waals surface area contributed by atoms with Gasteiger partial charge < -0.3 is 5.32 Å². The van der Waals surface area contributed by atoms with E-state index in [-0.39, 0.29) is 16.8 Å². The zero-order chi connectivity index (χ0) is 21.9. The van der Waals surface area contributed by atoms with Crippen molar-refractivity contribution in [3.63, 3.8) is 0 Å². The minimum Gasteiger partial charge on any atom is -0.348 e. The number of sulfonamides is 1.